The average molecular weight is 352 g/mol. The van der Waals surface area contributed by atoms with Crippen molar-refractivity contribution in [3.8, 4) is 0 Å². The van der Waals surface area contributed by atoms with Gasteiger partial charge in [-0.15, -0.1) is 11.3 Å². The van der Waals surface area contributed by atoms with Gasteiger partial charge in [-0.3, -0.25) is 4.79 Å². The van der Waals surface area contributed by atoms with E-state index in [1.54, 1.807) is 11.3 Å². The van der Waals surface area contributed by atoms with Gasteiger partial charge in [0.15, 0.2) is 0 Å². The Labute approximate surface area is 149 Å². The Morgan fingerprint density at radius 1 is 1.04 bits per heavy atom. The number of hydrogen-bond donors (Lipinski definition) is 0. The molecule has 0 radical (unpaired) electrons. The van der Waals surface area contributed by atoms with E-state index in [2.05, 4.69) is 10.1 Å². The highest BCUT2D eigenvalue weighted by Gasteiger charge is 2.27. The fourth-order valence-corrected chi connectivity index (χ4v) is 3.92. The number of ketones is 1. The zero-order chi connectivity index (χ0) is 17.2. The Morgan fingerprint density at radius 2 is 1.80 bits per heavy atom. The zero-order valence-electron chi connectivity index (χ0n) is 13.5. The molecule has 0 amide bonds. The van der Waals surface area contributed by atoms with Crippen LogP contribution in [0.4, 0.5) is 5.00 Å². The first kappa shape index (κ1) is 15.8. The second kappa shape index (κ2) is 6.64. The lowest BCUT2D eigenvalue weighted by Crippen LogP contribution is -2.32. The third kappa shape index (κ3) is 3.25. The summed E-state index contributed by atoms with van der Waals surface area (Å²) in [6.07, 6.45) is 3.03. The topological polar surface area (TPSA) is 59.0 Å². The van der Waals surface area contributed by atoms with Gasteiger partial charge < -0.3 is 9.74 Å². The van der Waals surface area contributed by atoms with Crippen LogP contribution >= 0.6 is 11.3 Å². The smallest absolute Gasteiger partial charge is 0.363 e. The standard InChI is InChI=1S/C19H16N2O3S/c22-14-8-10-21(11-9-14)17-7-6-15(25-17)12-16-18(20-24-19(16)23)13-4-2-1-3-5-13/h1-7,12H,8-11H2/b16-12-. The van der Waals surface area contributed by atoms with Crippen LogP contribution in [0, 0.1) is 0 Å². The highest BCUT2D eigenvalue weighted by atomic mass is 32.1. The van der Waals surface area contributed by atoms with Gasteiger partial charge in [0.2, 0.25) is 0 Å². The molecule has 0 spiro atoms. The summed E-state index contributed by atoms with van der Waals surface area (Å²) in [5.41, 5.74) is 1.88. The van der Waals surface area contributed by atoms with Crippen molar-refractivity contribution in [2.24, 2.45) is 5.16 Å². The van der Waals surface area contributed by atoms with E-state index in [1.165, 1.54) is 0 Å². The van der Waals surface area contributed by atoms with Gasteiger partial charge >= 0.3 is 5.97 Å². The van der Waals surface area contributed by atoms with Crippen LogP contribution in [0.15, 0.2) is 53.2 Å². The van der Waals surface area contributed by atoms with Crippen molar-refractivity contribution >= 4 is 39.9 Å². The van der Waals surface area contributed by atoms with Gasteiger partial charge in [-0.25, -0.2) is 4.79 Å². The van der Waals surface area contributed by atoms with Crippen LogP contribution in [0.3, 0.4) is 0 Å². The quantitative estimate of drug-likeness (QED) is 0.628. The predicted octanol–water partition coefficient (Wildman–Crippen LogP) is 3.26. The molecule has 1 saturated heterocycles. The summed E-state index contributed by atoms with van der Waals surface area (Å²) in [6.45, 7) is 1.52. The second-order valence-corrected chi connectivity index (χ2v) is 7.04. The number of benzene rings is 1. The monoisotopic (exact) mass is 352 g/mol. The first-order chi connectivity index (χ1) is 12.2. The molecule has 0 bridgehead atoms. The molecule has 1 aromatic heterocycles. The molecule has 5 nitrogen and oxygen atoms in total. The van der Waals surface area contributed by atoms with Gasteiger partial charge in [0.25, 0.3) is 0 Å². The molecule has 4 rings (SSSR count). The van der Waals surface area contributed by atoms with Crippen molar-refractivity contribution in [1.82, 2.24) is 0 Å². The number of anilines is 1. The van der Waals surface area contributed by atoms with Crippen molar-refractivity contribution in [3.05, 3.63) is 58.5 Å². The van der Waals surface area contributed by atoms with Gasteiger partial charge in [0.05, 0.1) is 10.6 Å². The fraction of sp³-hybridized carbons (Fsp3) is 0.211. The molecule has 2 aliphatic rings. The van der Waals surface area contributed by atoms with Crippen LogP contribution in [0.2, 0.25) is 0 Å². The lowest BCUT2D eigenvalue weighted by Gasteiger charge is -2.26. The number of nitrogens with zero attached hydrogens (tertiary/aromatic N) is 2. The minimum absolute atomic E-state index is 0.326. The lowest BCUT2D eigenvalue weighted by molar-refractivity contribution is -0.136. The predicted molar refractivity (Wildman–Crippen MR) is 97.8 cm³/mol. The lowest BCUT2D eigenvalue weighted by atomic mass is 10.0. The number of rotatable bonds is 3. The van der Waals surface area contributed by atoms with Crippen LogP contribution in [0.25, 0.3) is 6.08 Å². The summed E-state index contributed by atoms with van der Waals surface area (Å²) in [5, 5.41) is 5.04. The number of carbonyl (C=O) groups is 2. The molecular weight excluding hydrogens is 336 g/mol. The maximum absolute atomic E-state index is 12.1. The molecule has 1 aromatic carbocycles. The molecule has 1 fully saturated rings. The Bertz CT molecular complexity index is 873. The van der Waals surface area contributed by atoms with Crippen LogP contribution < -0.4 is 4.90 Å². The third-order valence-corrected chi connectivity index (χ3v) is 5.37. The minimum atomic E-state index is -0.433. The number of oxime groups is 1. The third-order valence-electron chi connectivity index (χ3n) is 4.27. The van der Waals surface area contributed by atoms with Gasteiger partial charge in [0.1, 0.15) is 11.5 Å². The summed E-state index contributed by atoms with van der Waals surface area (Å²) < 4.78 is 0. The SMILES string of the molecule is O=C1CCN(c2ccc(/C=C3\C(=O)ON=C3c3ccccc3)s2)CC1. The molecule has 6 heteroatoms. The summed E-state index contributed by atoms with van der Waals surface area (Å²) in [7, 11) is 0. The van der Waals surface area contributed by atoms with E-state index in [9.17, 15) is 9.59 Å². The summed E-state index contributed by atoms with van der Waals surface area (Å²) in [4.78, 5) is 31.5. The Kier molecular flexibility index (Phi) is 4.19. The van der Waals surface area contributed by atoms with E-state index in [0.717, 1.165) is 28.5 Å². The maximum Gasteiger partial charge on any atom is 0.368 e. The molecule has 0 aliphatic carbocycles. The second-order valence-electron chi connectivity index (χ2n) is 5.94. The van der Waals surface area contributed by atoms with Gasteiger partial charge in [-0.2, -0.15) is 0 Å². The molecule has 25 heavy (non-hydrogen) atoms. The number of piperidine rings is 1. The molecule has 0 unspecified atom stereocenters. The first-order valence-electron chi connectivity index (χ1n) is 8.14. The van der Waals surface area contributed by atoms with Crippen LogP contribution in [-0.4, -0.2) is 30.6 Å². The molecule has 0 saturated carbocycles. The molecule has 0 N–H and O–H groups in total. The molecule has 2 aromatic rings. The van der Waals surface area contributed by atoms with E-state index in [4.69, 9.17) is 4.84 Å². The number of hydrogen-bond acceptors (Lipinski definition) is 6. The Hall–Kier alpha value is -2.73. The van der Waals surface area contributed by atoms with Crippen LogP contribution in [0.5, 0.6) is 0 Å². The summed E-state index contributed by atoms with van der Waals surface area (Å²) in [5.74, 6) is -0.107. The van der Waals surface area contributed by atoms with Crippen molar-refractivity contribution in [2.45, 2.75) is 12.8 Å². The Morgan fingerprint density at radius 3 is 2.56 bits per heavy atom. The summed E-state index contributed by atoms with van der Waals surface area (Å²) >= 11 is 1.60. The van der Waals surface area contributed by atoms with Crippen molar-refractivity contribution in [2.75, 3.05) is 18.0 Å². The van der Waals surface area contributed by atoms with E-state index in [0.29, 0.717) is 29.9 Å². The highest BCUT2D eigenvalue weighted by molar-refractivity contribution is 7.17. The fourth-order valence-electron chi connectivity index (χ4n) is 2.92. The summed E-state index contributed by atoms with van der Waals surface area (Å²) in [6, 6.07) is 13.5. The van der Waals surface area contributed by atoms with E-state index >= 15 is 0 Å². The van der Waals surface area contributed by atoms with E-state index in [1.807, 2.05) is 48.5 Å². The van der Waals surface area contributed by atoms with Crippen LogP contribution in [-0.2, 0) is 14.4 Å². The molecule has 3 heterocycles. The van der Waals surface area contributed by atoms with Crippen molar-refractivity contribution < 1.29 is 14.4 Å². The van der Waals surface area contributed by atoms with E-state index in [-0.39, 0.29) is 0 Å². The molecular formula is C19H16N2O3S. The maximum atomic E-state index is 12.1. The number of thiophene rings is 1. The van der Waals surface area contributed by atoms with Gasteiger partial charge in [-0.1, -0.05) is 35.5 Å². The normalized spacial score (nSPS) is 19.3. The van der Waals surface area contributed by atoms with E-state index < -0.39 is 5.97 Å². The molecule has 0 atom stereocenters. The molecule has 2 aliphatic heterocycles. The van der Waals surface area contributed by atoms with Gasteiger partial charge in [-0.05, 0) is 18.2 Å². The van der Waals surface area contributed by atoms with Crippen molar-refractivity contribution in [1.29, 1.82) is 0 Å². The molecule has 126 valence electrons. The van der Waals surface area contributed by atoms with Crippen LogP contribution in [0.1, 0.15) is 23.3 Å². The zero-order valence-corrected chi connectivity index (χ0v) is 14.3. The van der Waals surface area contributed by atoms with Gasteiger partial charge in [0, 0.05) is 36.4 Å². The average Bonchev–Trinajstić information content (AvgIpc) is 3.24. The minimum Gasteiger partial charge on any atom is -0.363 e. The largest absolute Gasteiger partial charge is 0.368 e. The highest BCUT2D eigenvalue weighted by Crippen LogP contribution is 2.30. The number of Topliss-reactive ketones (excluding diaryl/α,β-unsaturated/α-hetero) is 1. The van der Waals surface area contributed by atoms with Crippen molar-refractivity contribution in [3.63, 3.8) is 0 Å². The number of carbonyl (C=O) groups excluding carboxylic acids is 2. The first-order valence-corrected chi connectivity index (χ1v) is 8.96. The Balaban J connectivity index is 1.59.